The van der Waals surface area contributed by atoms with Gasteiger partial charge in [-0.2, -0.15) is 0 Å². The number of hydrogen-bond donors (Lipinski definition) is 1. The molecule has 0 spiro atoms. The summed E-state index contributed by atoms with van der Waals surface area (Å²) < 4.78 is 36.1. The number of ether oxygens (including phenoxy) is 2. The highest BCUT2D eigenvalue weighted by molar-refractivity contribution is 7.96. The maximum atomic E-state index is 12.9. The van der Waals surface area contributed by atoms with Gasteiger partial charge < -0.3 is 14.8 Å². The first-order valence-electron chi connectivity index (χ1n) is 8.57. The van der Waals surface area contributed by atoms with Crippen LogP contribution in [0.2, 0.25) is 0 Å². The molecule has 0 aliphatic heterocycles. The van der Waals surface area contributed by atoms with Crippen molar-refractivity contribution < 1.29 is 22.7 Å². The van der Waals surface area contributed by atoms with E-state index in [1.165, 1.54) is 12.1 Å². The van der Waals surface area contributed by atoms with Gasteiger partial charge in [-0.1, -0.05) is 17.7 Å². The van der Waals surface area contributed by atoms with Crippen LogP contribution in [-0.2, 0) is 19.4 Å². The normalized spacial score (nSPS) is 11.7. The molecule has 144 valence electrons. The van der Waals surface area contributed by atoms with E-state index >= 15 is 0 Å². The number of rotatable bonds is 8. The number of esters is 1. The van der Waals surface area contributed by atoms with Crippen molar-refractivity contribution in [1.82, 2.24) is 0 Å². The van der Waals surface area contributed by atoms with E-state index in [4.69, 9.17) is 9.47 Å². The molecule has 2 aromatic rings. The lowest BCUT2D eigenvalue weighted by atomic mass is 10.2. The molecule has 0 saturated carbocycles. The zero-order valence-corrected chi connectivity index (χ0v) is 16.4. The molecule has 0 amide bonds. The number of hydrogen-bond acceptors (Lipinski definition) is 6. The predicted molar refractivity (Wildman–Crippen MR) is 104 cm³/mol. The Balaban J connectivity index is 2.34. The Hall–Kier alpha value is -2.80. The van der Waals surface area contributed by atoms with Gasteiger partial charge in [-0.25, -0.2) is 13.2 Å². The number of sulfone groups is 1. The van der Waals surface area contributed by atoms with Crippen LogP contribution in [0.5, 0.6) is 5.75 Å². The molecule has 0 aromatic heterocycles. The molecule has 0 heterocycles. The molecule has 0 aliphatic carbocycles. The number of carbonyl (C=O) groups excluding carboxylic acids is 1. The number of benzene rings is 2. The van der Waals surface area contributed by atoms with Crippen LogP contribution in [0.15, 0.2) is 64.5 Å². The second kappa shape index (κ2) is 9.23. The summed E-state index contributed by atoms with van der Waals surface area (Å²) in [5.74, 6) is -0.207. The van der Waals surface area contributed by atoms with Gasteiger partial charge in [0.2, 0.25) is 9.84 Å². The molecule has 0 radical (unpaired) electrons. The van der Waals surface area contributed by atoms with E-state index in [0.29, 0.717) is 18.0 Å². The molecular weight excluding hydrogens is 366 g/mol. The SMILES string of the molecule is CCOC(=O)/C(=C\Nc1ccc(OCC)cc1)S(=O)(=O)c1ccc(C)cc1. The van der Waals surface area contributed by atoms with Gasteiger partial charge in [-0.15, -0.1) is 0 Å². The molecule has 2 rings (SSSR count). The summed E-state index contributed by atoms with van der Waals surface area (Å²) in [5, 5.41) is 2.84. The Labute approximate surface area is 159 Å². The molecule has 0 bridgehead atoms. The van der Waals surface area contributed by atoms with Crippen LogP contribution in [0.25, 0.3) is 0 Å². The van der Waals surface area contributed by atoms with Gasteiger partial charge in [0.05, 0.1) is 18.1 Å². The first-order valence-corrected chi connectivity index (χ1v) is 10.0. The average molecular weight is 389 g/mol. The molecule has 2 aromatic carbocycles. The monoisotopic (exact) mass is 389 g/mol. The molecule has 0 fully saturated rings. The topological polar surface area (TPSA) is 81.7 Å². The summed E-state index contributed by atoms with van der Waals surface area (Å²) in [6.45, 7) is 5.98. The third kappa shape index (κ3) is 5.34. The summed E-state index contributed by atoms with van der Waals surface area (Å²) in [7, 11) is -4.03. The van der Waals surface area contributed by atoms with E-state index in [9.17, 15) is 13.2 Å². The minimum Gasteiger partial charge on any atom is -0.494 e. The quantitative estimate of drug-likeness (QED) is 0.548. The van der Waals surface area contributed by atoms with Crippen molar-refractivity contribution in [1.29, 1.82) is 0 Å². The molecule has 0 atom stereocenters. The third-order valence-corrected chi connectivity index (χ3v) is 5.39. The Morgan fingerprint density at radius 2 is 1.63 bits per heavy atom. The Kier molecular flexibility index (Phi) is 7.01. The standard InChI is InChI=1S/C20H23NO5S/c1-4-25-17-10-8-16(9-11-17)21-14-19(20(22)26-5-2)27(23,24)18-12-6-15(3)7-13-18/h6-14,21H,4-5H2,1-3H3/b19-14+. The van der Waals surface area contributed by atoms with Crippen molar-refractivity contribution in [3.05, 3.63) is 65.2 Å². The van der Waals surface area contributed by atoms with Gasteiger partial charge >= 0.3 is 5.97 Å². The number of aryl methyl sites for hydroxylation is 1. The van der Waals surface area contributed by atoms with Gasteiger partial charge in [0.1, 0.15) is 5.75 Å². The second-order valence-corrected chi connectivity index (χ2v) is 7.57. The van der Waals surface area contributed by atoms with E-state index in [1.807, 2.05) is 13.8 Å². The lowest BCUT2D eigenvalue weighted by molar-refractivity contribution is -0.137. The first kappa shape index (κ1) is 20.5. The molecule has 6 nitrogen and oxygen atoms in total. The summed E-state index contributed by atoms with van der Waals surface area (Å²) in [4.78, 5) is 11.8. The van der Waals surface area contributed by atoms with Gasteiger partial charge in [0.25, 0.3) is 0 Å². The van der Waals surface area contributed by atoms with Crippen LogP contribution >= 0.6 is 0 Å². The van der Waals surface area contributed by atoms with Gasteiger partial charge in [-0.3, -0.25) is 0 Å². The van der Waals surface area contributed by atoms with Gasteiger partial charge in [0.15, 0.2) is 4.91 Å². The van der Waals surface area contributed by atoms with Gasteiger partial charge in [-0.05, 0) is 57.2 Å². The molecular formula is C20H23NO5S. The van der Waals surface area contributed by atoms with Crippen LogP contribution in [0.4, 0.5) is 5.69 Å². The largest absolute Gasteiger partial charge is 0.494 e. The molecule has 0 saturated heterocycles. The average Bonchev–Trinajstić information content (AvgIpc) is 2.64. The molecule has 27 heavy (non-hydrogen) atoms. The fraction of sp³-hybridized carbons (Fsp3) is 0.250. The fourth-order valence-corrected chi connectivity index (χ4v) is 3.50. The molecule has 0 unspecified atom stereocenters. The maximum Gasteiger partial charge on any atom is 0.351 e. The highest BCUT2D eigenvalue weighted by Crippen LogP contribution is 2.22. The maximum absolute atomic E-state index is 12.9. The van der Waals surface area contributed by atoms with Crippen molar-refractivity contribution in [3.63, 3.8) is 0 Å². The fourth-order valence-electron chi connectivity index (χ4n) is 2.26. The summed E-state index contributed by atoms with van der Waals surface area (Å²) in [5.41, 5.74) is 1.53. The van der Waals surface area contributed by atoms with Crippen LogP contribution in [-0.4, -0.2) is 27.6 Å². The minimum atomic E-state index is -4.03. The van der Waals surface area contributed by atoms with Crippen LogP contribution in [0.3, 0.4) is 0 Å². The first-order chi connectivity index (χ1) is 12.9. The van der Waals surface area contributed by atoms with E-state index < -0.39 is 20.7 Å². The van der Waals surface area contributed by atoms with E-state index in [-0.39, 0.29) is 11.5 Å². The van der Waals surface area contributed by atoms with Crippen molar-refractivity contribution in [2.45, 2.75) is 25.7 Å². The van der Waals surface area contributed by atoms with Crippen molar-refractivity contribution in [2.75, 3.05) is 18.5 Å². The van der Waals surface area contributed by atoms with E-state index in [0.717, 1.165) is 11.8 Å². The summed E-state index contributed by atoms with van der Waals surface area (Å²) >= 11 is 0. The summed E-state index contributed by atoms with van der Waals surface area (Å²) in [6.07, 6.45) is 1.16. The lowest BCUT2D eigenvalue weighted by Crippen LogP contribution is -2.18. The van der Waals surface area contributed by atoms with Crippen molar-refractivity contribution >= 4 is 21.5 Å². The highest BCUT2D eigenvalue weighted by Gasteiger charge is 2.28. The Morgan fingerprint density at radius 3 is 2.19 bits per heavy atom. The minimum absolute atomic E-state index is 0.0286. The summed E-state index contributed by atoms with van der Waals surface area (Å²) in [6, 6.07) is 13.2. The van der Waals surface area contributed by atoms with Crippen LogP contribution in [0.1, 0.15) is 19.4 Å². The van der Waals surface area contributed by atoms with E-state index in [2.05, 4.69) is 5.32 Å². The molecule has 7 heteroatoms. The van der Waals surface area contributed by atoms with E-state index in [1.54, 1.807) is 43.3 Å². The zero-order valence-electron chi connectivity index (χ0n) is 15.6. The number of carbonyl (C=O) groups is 1. The smallest absolute Gasteiger partial charge is 0.351 e. The lowest BCUT2D eigenvalue weighted by Gasteiger charge is -2.10. The molecule has 1 N–H and O–H groups in total. The van der Waals surface area contributed by atoms with Gasteiger partial charge in [0, 0.05) is 11.9 Å². The van der Waals surface area contributed by atoms with Crippen molar-refractivity contribution in [2.24, 2.45) is 0 Å². The predicted octanol–water partition coefficient (Wildman–Crippen LogP) is 3.68. The van der Waals surface area contributed by atoms with Crippen LogP contribution < -0.4 is 10.1 Å². The molecule has 0 aliphatic rings. The third-order valence-electron chi connectivity index (χ3n) is 3.63. The Bertz CT molecular complexity index is 900. The Morgan fingerprint density at radius 1 is 1.00 bits per heavy atom. The highest BCUT2D eigenvalue weighted by atomic mass is 32.2. The number of nitrogens with one attached hydrogen (secondary N) is 1. The van der Waals surface area contributed by atoms with Crippen molar-refractivity contribution in [3.8, 4) is 5.75 Å². The van der Waals surface area contributed by atoms with Crippen LogP contribution in [0, 0.1) is 6.92 Å². The zero-order chi connectivity index (χ0) is 19.9. The number of anilines is 1. The second-order valence-electron chi connectivity index (χ2n) is 5.65.